The second kappa shape index (κ2) is 4.53. The Morgan fingerprint density at radius 2 is 2.06 bits per heavy atom. The molecule has 4 heteroatoms. The average Bonchev–Trinajstić information content (AvgIpc) is 2.30. The number of carboxylic acid groups (broad SMARTS) is 1. The minimum absolute atomic E-state index is 0.358. The van der Waals surface area contributed by atoms with Crippen molar-refractivity contribution >= 4 is 11.7 Å². The highest BCUT2D eigenvalue weighted by Gasteiger charge is 2.13. The zero-order valence-electron chi connectivity index (χ0n) is 9.36. The summed E-state index contributed by atoms with van der Waals surface area (Å²) in [5.74, 6) is -0.866. The first-order valence-electron chi connectivity index (χ1n) is 5.48. The monoisotopic (exact) mass is 220 g/mol. The molecule has 0 aromatic heterocycles. The lowest BCUT2D eigenvalue weighted by molar-refractivity contribution is 0.0697. The molecule has 2 rings (SSSR count). The van der Waals surface area contributed by atoms with Gasteiger partial charge in [-0.3, -0.25) is 0 Å². The van der Waals surface area contributed by atoms with Gasteiger partial charge >= 0.3 is 5.97 Å². The third-order valence-electron chi connectivity index (χ3n) is 2.90. The Morgan fingerprint density at radius 3 is 2.62 bits per heavy atom. The summed E-state index contributed by atoms with van der Waals surface area (Å²) in [5.41, 5.74) is 2.53. The van der Waals surface area contributed by atoms with Crippen molar-refractivity contribution in [3.8, 4) is 0 Å². The van der Waals surface area contributed by atoms with Crippen LogP contribution in [0.25, 0.3) is 0 Å². The Labute approximate surface area is 94.9 Å². The first kappa shape index (κ1) is 11.0. The minimum atomic E-state index is -0.866. The summed E-state index contributed by atoms with van der Waals surface area (Å²) >= 11 is 0. The number of nitrogens with zero attached hydrogens (tertiary/aromatic N) is 1. The molecule has 2 N–H and O–H groups in total. The lowest BCUT2D eigenvalue weighted by Gasteiger charge is -2.30. The molecule has 86 valence electrons. The summed E-state index contributed by atoms with van der Waals surface area (Å²) in [6, 6.07) is 5.32. The molecule has 16 heavy (non-hydrogen) atoms. The lowest BCUT2D eigenvalue weighted by Crippen LogP contribution is -2.43. The number of anilines is 1. The van der Waals surface area contributed by atoms with E-state index in [9.17, 15) is 4.79 Å². The summed E-state index contributed by atoms with van der Waals surface area (Å²) in [6.45, 7) is 5.89. The molecule has 1 aromatic carbocycles. The molecule has 1 saturated heterocycles. The zero-order valence-corrected chi connectivity index (χ0v) is 9.36. The van der Waals surface area contributed by atoms with Gasteiger partial charge in [0.05, 0.1) is 5.56 Å². The molecular weight excluding hydrogens is 204 g/mol. The molecule has 0 radical (unpaired) electrons. The van der Waals surface area contributed by atoms with Crippen LogP contribution in [0.15, 0.2) is 18.2 Å². The van der Waals surface area contributed by atoms with Crippen molar-refractivity contribution < 1.29 is 9.90 Å². The molecule has 1 fully saturated rings. The number of rotatable bonds is 2. The number of hydrogen-bond acceptors (Lipinski definition) is 3. The van der Waals surface area contributed by atoms with Crippen LogP contribution in [-0.4, -0.2) is 37.3 Å². The van der Waals surface area contributed by atoms with Gasteiger partial charge in [0.25, 0.3) is 0 Å². The van der Waals surface area contributed by atoms with Gasteiger partial charge in [-0.15, -0.1) is 0 Å². The number of aryl methyl sites for hydroxylation is 1. The smallest absolute Gasteiger partial charge is 0.335 e. The third-order valence-corrected chi connectivity index (χ3v) is 2.90. The third kappa shape index (κ3) is 2.17. The van der Waals surface area contributed by atoms with Crippen LogP contribution in [0.1, 0.15) is 15.9 Å². The molecule has 1 aliphatic heterocycles. The predicted molar refractivity (Wildman–Crippen MR) is 63.2 cm³/mol. The molecular formula is C12H16N2O2. The van der Waals surface area contributed by atoms with Crippen molar-refractivity contribution in [3.05, 3.63) is 29.3 Å². The first-order chi connectivity index (χ1) is 7.68. The SMILES string of the molecule is Cc1cc(C(=O)O)ccc1N1CCNCC1. The van der Waals surface area contributed by atoms with E-state index in [2.05, 4.69) is 10.2 Å². The molecule has 0 bridgehead atoms. The van der Waals surface area contributed by atoms with E-state index in [1.807, 2.05) is 13.0 Å². The molecule has 1 heterocycles. The van der Waals surface area contributed by atoms with Gasteiger partial charge < -0.3 is 15.3 Å². The number of benzene rings is 1. The van der Waals surface area contributed by atoms with Crippen LogP contribution < -0.4 is 10.2 Å². The van der Waals surface area contributed by atoms with Crippen LogP contribution in [-0.2, 0) is 0 Å². The maximum absolute atomic E-state index is 10.8. The highest BCUT2D eigenvalue weighted by molar-refractivity contribution is 5.88. The van der Waals surface area contributed by atoms with Crippen LogP contribution in [0.5, 0.6) is 0 Å². The van der Waals surface area contributed by atoms with Crippen molar-refractivity contribution in [1.82, 2.24) is 5.32 Å². The first-order valence-corrected chi connectivity index (χ1v) is 5.48. The maximum Gasteiger partial charge on any atom is 0.335 e. The number of carboxylic acids is 1. The van der Waals surface area contributed by atoms with Gasteiger partial charge in [-0.2, -0.15) is 0 Å². The molecule has 1 aromatic rings. The van der Waals surface area contributed by atoms with E-state index in [1.54, 1.807) is 12.1 Å². The van der Waals surface area contributed by atoms with E-state index in [-0.39, 0.29) is 0 Å². The van der Waals surface area contributed by atoms with Crippen LogP contribution in [0.4, 0.5) is 5.69 Å². The number of hydrogen-bond donors (Lipinski definition) is 2. The van der Waals surface area contributed by atoms with Crippen LogP contribution in [0.2, 0.25) is 0 Å². The fraction of sp³-hybridized carbons (Fsp3) is 0.417. The van der Waals surface area contributed by atoms with E-state index < -0.39 is 5.97 Å². The number of aromatic carboxylic acids is 1. The second-order valence-corrected chi connectivity index (χ2v) is 4.04. The topological polar surface area (TPSA) is 52.6 Å². The standard InChI is InChI=1S/C12H16N2O2/c1-9-8-10(12(15)16)2-3-11(9)14-6-4-13-5-7-14/h2-3,8,13H,4-7H2,1H3,(H,15,16). The summed E-state index contributed by atoms with van der Waals surface area (Å²) in [6.07, 6.45) is 0. The molecule has 0 saturated carbocycles. The Bertz CT molecular complexity index is 398. The van der Waals surface area contributed by atoms with Gasteiger partial charge in [0.15, 0.2) is 0 Å². The second-order valence-electron chi connectivity index (χ2n) is 4.04. The van der Waals surface area contributed by atoms with Gasteiger partial charge in [0.2, 0.25) is 0 Å². The number of carbonyl (C=O) groups is 1. The lowest BCUT2D eigenvalue weighted by atomic mass is 10.1. The van der Waals surface area contributed by atoms with Crippen LogP contribution >= 0.6 is 0 Å². The van der Waals surface area contributed by atoms with Crippen molar-refractivity contribution in [2.45, 2.75) is 6.92 Å². The maximum atomic E-state index is 10.8. The fourth-order valence-corrected chi connectivity index (χ4v) is 2.05. The van der Waals surface area contributed by atoms with E-state index in [1.165, 1.54) is 0 Å². The largest absolute Gasteiger partial charge is 0.478 e. The normalized spacial score (nSPS) is 16.2. The Hall–Kier alpha value is -1.55. The van der Waals surface area contributed by atoms with Crippen molar-refractivity contribution in [2.75, 3.05) is 31.1 Å². The predicted octanol–water partition coefficient (Wildman–Crippen LogP) is 1.10. The van der Waals surface area contributed by atoms with Gasteiger partial charge in [-0.1, -0.05) is 0 Å². The van der Waals surface area contributed by atoms with Crippen molar-refractivity contribution in [2.24, 2.45) is 0 Å². The zero-order chi connectivity index (χ0) is 11.5. The Kier molecular flexibility index (Phi) is 3.10. The quantitative estimate of drug-likeness (QED) is 0.783. The molecule has 0 atom stereocenters. The van der Waals surface area contributed by atoms with Gasteiger partial charge in [0.1, 0.15) is 0 Å². The minimum Gasteiger partial charge on any atom is -0.478 e. The number of nitrogens with one attached hydrogen (secondary N) is 1. The number of piperazine rings is 1. The van der Waals surface area contributed by atoms with Gasteiger partial charge in [-0.05, 0) is 30.7 Å². The van der Waals surface area contributed by atoms with E-state index in [0.717, 1.165) is 37.4 Å². The molecule has 0 amide bonds. The summed E-state index contributed by atoms with van der Waals surface area (Å²) in [4.78, 5) is 13.1. The van der Waals surface area contributed by atoms with Crippen molar-refractivity contribution in [1.29, 1.82) is 0 Å². The fourth-order valence-electron chi connectivity index (χ4n) is 2.05. The van der Waals surface area contributed by atoms with E-state index in [0.29, 0.717) is 5.56 Å². The van der Waals surface area contributed by atoms with Gasteiger partial charge in [0, 0.05) is 31.9 Å². The average molecular weight is 220 g/mol. The summed E-state index contributed by atoms with van der Waals surface area (Å²) in [5, 5.41) is 12.2. The van der Waals surface area contributed by atoms with Crippen molar-refractivity contribution in [3.63, 3.8) is 0 Å². The highest BCUT2D eigenvalue weighted by Crippen LogP contribution is 2.21. The van der Waals surface area contributed by atoms with Crippen LogP contribution in [0.3, 0.4) is 0 Å². The molecule has 0 unspecified atom stereocenters. The van der Waals surface area contributed by atoms with Crippen LogP contribution in [0, 0.1) is 6.92 Å². The molecule has 4 nitrogen and oxygen atoms in total. The Balaban J connectivity index is 2.24. The molecule has 0 spiro atoms. The Morgan fingerprint density at radius 1 is 1.38 bits per heavy atom. The highest BCUT2D eigenvalue weighted by atomic mass is 16.4. The summed E-state index contributed by atoms with van der Waals surface area (Å²) in [7, 11) is 0. The van der Waals surface area contributed by atoms with E-state index in [4.69, 9.17) is 5.11 Å². The van der Waals surface area contributed by atoms with E-state index >= 15 is 0 Å². The van der Waals surface area contributed by atoms with Gasteiger partial charge in [-0.25, -0.2) is 4.79 Å². The summed E-state index contributed by atoms with van der Waals surface area (Å²) < 4.78 is 0. The molecule has 0 aliphatic carbocycles. The molecule has 1 aliphatic rings.